The number of hydrogen-bond donors (Lipinski definition) is 3. The SMILES string of the molecule is COC[C@@H]1CCCN1C[C@H]1O[C@@H](c2cccc(-c3cccc(CNC(=O)N[C@@H](Cc4ccccc4)C(=O)OC)c3)c2)O[C@@H](c2ccc(CO)cc2)[C@H]1C. The van der Waals surface area contributed by atoms with E-state index in [4.69, 9.17) is 18.9 Å². The Labute approximate surface area is 312 Å². The Morgan fingerprint density at radius 1 is 0.868 bits per heavy atom. The molecule has 2 amide bonds. The lowest BCUT2D eigenvalue weighted by molar-refractivity contribution is -0.276. The highest BCUT2D eigenvalue weighted by Crippen LogP contribution is 2.43. The van der Waals surface area contributed by atoms with E-state index < -0.39 is 24.3 Å². The normalized spacial score (nSPS) is 22.2. The maximum absolute atomic E-state index is 12.9. The van der Waals surface area contributed by atoms with E-state index in [1.807, 2.05) is 91.0 Å². The van der Waals surface area contributed by atoms with E-state index in [0.717, 1.165) is 64.9 Å². The maximum atomic E-state index is 12.9. The second-order valence-corrected chi connectivity index (χ2v) is 14.0. The first-order valence-corrected chi connectivity index (χ1v) is 18.4. The van der Waals surface area contributed by atoms with Crippen molar-refractivity contribution < 1.29 is 33.6 Å². The molecule has 10 heteroatoms. The lowest BCUT2D eigenvalue weighted by atomic mass is 9.89. The number of likely N-dealkylation sites (tertiary alicyclic amines) is 1. The van der Waals surface area contributed by atoms with E-state index in [1.165, 1.54) is 7.11 Å². The number of nitrogens with one attached hydrogen (secondary N) is 2. The summed E-state index contributed by atoms with van der Waals surface area (Å²) in [4.78, 5) is 27.8. The topological polar surface area (TPSA) is 119 Å². The molecule has 0 bridgehead atoms. The van der Waals surface area contributed by atoms with Crippen molar-refractivity contribution in [3.8, 4) is 11.1 Å². The van der Waals surface area contributed by atoms with E-state index in [0.29, 0.717) is 19.1 Å². The summed E-state index contributed by atoms with van der Waals surface area (Å²) in [5.41, 5.74) is 6.64. The van der Waals surface area contributed by atoms with Crippen LogP contribution in [0.4, 0.5) is 4.79 Å². The molecule has 4 aromatic carbocycles. The van der Waals surface area contributed by atoms with Crippen LogP contribution in [0.3, 0.4) is 0 Å². The van der Waals surface area contributed by atoms with Crippen LogP contribution < -0.4 is 10.6 Å². The number of aliphatic hydroxyl groups excluding tert-OH is 1. The van der Waals surface area contributed by atoms with Crippen molar-refractivity contribution in [2.75, 3.05) is 33.9 Å². The van der Waals surface area contributed by atoms with Crippen LogP contribution in [0, 0.1) is 5.92 Å². The summed E-state index contributed by atoms with van der Waals surface area (Å²) in [6, 6.07) is 32.8. The van der Waals surface area contributed by atoms with E-state index in [9.17, 15) is 14.7 Å². The van der Waals surface area contributed by atoms with Crippen LogP contribution in [0.2, 0.25) is 0 Å². The number of nitrogens with zero attached hydrogens (tertiary/aromatic N) is 1. The second-order valence-electron chi connectivity index (χ2n) is 14.0. The van der Waals surface area contributed by atoms with Gasteiger partial charge in [0.05, 0.1) is 32.5 Å². The summed E-state index contributed by atoms with van der Waals surface area (Å²) < 4.78 is 24.1. The molecule has 2 aliphatic heterocycles. The van der Waals surface area contributed by atoms with Gasteiger partial charge in [0.25, 0.3) is 0 Å². The molecule has 2 fully saturated rings. The molecule has 53 heavy (non-hydrogen) atoms. The van der Waals surface area contributed by atoms with Crippen molar-refractivity contribution in [2.24, 2.45) is 5.92 Å². The third-order valence-corrected chi connectivity index (χ3v) is 10.3. The average molecular weight is 722 g/mol. The minimum atomic E-state index is -0.815. The van der Waals surface area contributed by atoms with Crippen molar-refractivity contribution in [1.82, 2.24) is 15.5 Å². The predicted octanol–water partition coefficient (Wildman–Crippen LogP) is 6.33. The summed E-state index contributed by atoms with van der Waals surface area (Å²) in [6.07, 6.45) is 1.71. The first-order chi connectivity index (χ1) is 25.8. The molecule has 6 rings (SSSR count). The maximum Gasteiger partial charge on any atom is 0.328 e. The predicted molar refractivity (Wildman–Crippen MR) is 203 cm³/mol. The third kappa shape index (κ3) is 9.90. The zero-order chi connectivity index (χ0) is 37.2. The highest BCUT2D eigenvalue weighted by Gasteiger charge is 2.40. The zero-order valence-corrected chi connectivity index (χ0v) is 30.8. The summed E-state index contributed by atoms with van der Waals surface area (Å²) in [5, 5.41) is 15.3. The summed E-state index contributed by atoms with van der Waals surface area (Å²) in [5.74, 6) is -0.421. The Balaban J connectivity index is 1.16. The number of urea groups is 1. The molecule has 0 unspecified atom stereocenters. The van der Waals surface area contributed by atoms with Crippen LogP contribution >= 0.6 is 0 Å². The largest absolute Gasteiger partial charge is 0.467 e. The number of benzene rings is 4. The Hall–Kier alpha value is -4.58. The molecule has 0 aliphatic carbocycles. The summed E-state index contributed by atoms with van der Waals surface area (Å²) >= 11 is 0. The van der Waals surface area contributed by atoms with Gasteiger partial charge in [-0.1, -0.05) is 97.9 Å². The van der Waals surface area contributed by atoms with Crippen molar-refractivity contribution >= 4 is 12.0 Å². The fourth-order valence-electron chi connectivity index (χ4n) is 7.38. The minimum absolute atomic E-state index is 0.00651. The highest BCUT2D eigenvalue weighted by molar-refractivity contribution is 5.83. The van der Waals surface area contributed by atoms with Crippen molar-refractivity contribution in [3.05, 3.63) is 131 Å². The molecular formula is C43H51N3O7. The standard InChI is InChI=1S/C43H51N3O7/c1-29-39(26-46-21-9-16-37(46)28-50-2)52-42(53-40(29)33-19-17-31(27-47)18-20-33)36-15-8-14-35(24-36)34-13-7-12-32(22-34)25-44-43(49)45-38(41(48)51-3)23-30-10-5-4-6-11-30/h4-8,10-15,17-20,22,24,29,37-40,42,47H,9,16,21,23,25-28H2,1-3H3,(H2,44,45,49)/t29-,37-,38-,39+,40+,42+/m0/s1. The monoisotopic (exact) mass is 721 g/mol. The van der Waals surface area contributed by atoms with Gasteiger partial charge < -0.3 is 34.7 Å². The van der Waals surface area contributed by atoms with Crippen LogP contribution in [0.25, 0.3) is 11.1 Å². The van der Waals surface area contributed by atoms with Crippen molar-refractivity contribution in [3.63, 3.8) is 0 Å². The van der Waals surface area contributed by atoms with Gasteiger partial charge in [-0.15, -0.1) is 0 Å². The average Bonchev–Trinajstić information content (AvgIpc) is 3.64. The number of aliphatic hydroxyl groups is 1. The molecule has 2 heterocycles. The number of hydrogen-bond acceptors (Lipinski definition) is 8. The smallest absolute Gasteiger partial charge is 0.328 e. The number of ether oxygens (including phenoxy) is 4. The molecule has 3 N–H and O–H groups in total. The lowest BCUT2D eigenvalue weighted by Crippen LogP contribution is -2.47. The van der Waals surface area contributed by atoms with Gasteiger partial charge >= 0.3 is 12.0 Å². The number of amides is 2. The van der Waals surface area contributed by atoms with E-state index in [1.54, 1.807) is 7.11 Å². The Morgan fingerprint density at radius 3 is 2.34 bits per heavy atom. The van der Waals surface area contributed by atoms with Gasteiger partial charge in [-0.05, 0) is 64.9 Å². The van der Waals surface area contributed by atoms with Gasteiger partial charge in [-0.2, -0.15) is 0 Å². The lowest BCUT2D eigenvalue weighted by Gasteiger charge is -2.43. The van der Waals surface area contributed by atoms with Crippen LogP contribution in [0.1, 0.15) is 60.0 Å². The van der Waals surface area contributed by atoms with E-state index in [2.05, 4.69) is 34.6 Å². The molecule has 0 aromatic heterocycles. The molecule has 10 nitrogen and oxygen atoms in total. The van der Waals surface area contributed by atoms with Crippen LogP contribution in [0.15, 0.2) is 103 Å². The van der Waals surface area contributed by atoms with Crippen molar-refractivity contribution in [1.29, 1.82) is 0 Å². The molecular weight excluding hydrogens is 670 g/mol. The molecule has 6 atom stereocenters. The summed E-state index contributed by atoms with van der Waals surface area (Å²) in [6.45, 7) is 4.97. The molecule has 0 radical (unpaired) electrons. The second kappa shape index (κ2) is 18.4. The molecule has 2 aliphatic rings. The molecule has 2 saturated heterocycles. The van der Waals surface area contributed by atoms with E-state index in [-0.39, 0.29) is 31.3 Å². The number of rotatable bonds is 14. The van der Waals surface area contributed by atoms with Gasteiger partial charge in [0.15, 0.2) is 6.29 Å². The molecule has 0 spiro atoms. The first-order valence-electron chi connectivity index (χ1n) is 18.4. The quantitative estimate of drug-likeness (QED) is 0.129. The van der Waals surface area contributed by atoms with Gasteiger partial charge in [0, 0.05) is 44.1 Å². The van der Waals surface area contributed by atoms with Crippen LogP contribution in [0.5, 0.6) is 0 Å². The van der Waals surface area contributed by atoms with Gasteiger partial charge in [0.2, 0.25) is 0 Å². The fourth-order valence-corrected chi connectivity index (χ4v) is 7.38. The van der Waals surface area contributed by atoms with Crippen LogP contribution in [-0.2, 0) is 43.3 Å². The number of carbonyl (C=O) groups excluding carboxylic acids is 2. The van der Waals surface area contributed by atoms with Crippen molar-refractivity contribution in [2.45, 2.75) is 69.9 Å². The van der Waals surface area contributed by atoms with Gasteiger partial charge in [-0.25, -0.2) is 9.59 Å². The van der Waals surface area contributed by atoms with Gasteiger partial charge in [-0.3, -0.25) is 4.90 Å². The zero-order valence-electron chi connectivity index (χ0n) is 30.8. The number of methoxy groups -OCH3 is 2. The van der Waals surface area contributed by atoms with Gasteiger partial charge in [0.1, 0.15) is 6.04 Å². The molecule has 0 saturated carbocycles. The Kier molecular flexibility index (Phi) is 13.3. The highest BCUT2D eigenvalue weighted by atomic mass is 16.7. The number of esters is 1. The first kappa shape index (κ1) is 38.2. The molecule has 4 aromatic rings. The third-order valence-electron chi connectivity index (χ3n) is 10.3. The Morgan fingerprint density at radius 2 is 1.60 bits per heavy atom. The minimum Gasteiger partial charge on any atom is -0.467 e. The van der Waals surface area contributed by atoms with Crippen LogP contribution in [-0.4, -0.2) is 74.1 Å². The Bertz CT molecular complexity index is 1790. The fraction of sp³-hybridized carbons (Fsp3) is 0.395. The molecule has 280 valence electrons. The number of carbonyl (C=O) groups is 2. The van der Waals surface area contributed by atoms with E-state index >= 15 is 0 Å². The summed E-state index contributed by atoms with van der Waals surface area (Å²) in [7, 11) is 3.08.